The number of hydrogen-bond donors (Lipinski definition) is 0. The van der Waals surface area contributed by atoms with Gasteiger partial charge in [-0.2, -0.15) is 0 Å². The fraction of sp³-hybridized carbons (Fsp3) is 0.538. The second-order valence-corrected chi connectivity index (χ2v) is 10.1. The summed E-state index contributed by atoms with van der Waals surface area (Å²) in [7, 11) is 1.25. The van der Waals surface area contributed by atoms with Crippen molar-refractivity contribution in [3.8, 4) is 11.3 Å². The van der Waals surface area contributed by atoms with Gasteiger partial charge in [0.15, 0.2) is 0 Å². The molecule has 0 radical (unpaired) electrons. The number of rotatable bonds is 2. The summed E-state index contributed by atoms with van der Waals surface area (Å²) < 4.78 is 13.2. The molecule has 160 valence electrons. The lowest BCUT2D eigenvalue weighted by molar-refractivity contribution is 0.125. The predicted molar refractivity (Wildman–Crippen MR) is 130 cm³/mol. The second kappa shape index (κ2) is 9.52. The van der Waals surface area contributed by atoms with Crippen LogP contribution in [0.1, 0.15) is 79.0 Å². The molecule has 29 heavy (non-hydrogen) atoms. The van der Waals surface area contributed by atoms with E-state index in [0.717, 1.165) is 11.3 Å². The lowest BCUT2D eigenvalue weighted by Gasteiger charge is -2.44. The summed E-state index contributed by atoms with van der Waals surface area (Å²) in [6.45, 7) is 22.3. The molecule has 1 aromatic carbocycles. The third-order valence-electron chi connectivity index (χ3n) is 7.06. The highest BCUT2D eigenvalue weighted by Crippen LogP contribution is 2.62. The summed E-state index contributed by atoms with van der Waals surface area (Å²) in [5.74, 6) is -0.296. The lowest BCUT2D eigenvalue weighted by atomic mass is 9.59. The van der Waals surface area contributed by atoms with Gasteiger partial charge in [-0.15, -0.1) is 8.20 Å². The molecule has 1 aromatic heterocycles. The van der Waals surface area contributed by atoms with E-state index in [0.29, 0.717) is 0 Å². The summed E-state index contributed by atoms with van der Waals surface area (Å²) in [4.78, 5) is 4.28. The number of halogens is 1. The van der Waals surface area contributed by atoms with Gasteiger partial charge in [0.2, 0.25) is 0 Å². The number of benzene rings is 1. The Labute approximate surface area is 180 Å². The van der Waals surface area contributed by atoms with Crippen LogP contribution in [0.5, 0.6) is 0 Å². The van der Waals surface area contributed by atoms with Gasteiger partial charge in [0, 0.05) is 5.56 Å². The Balaban J connectivity index is 0.000000627. The van der Waals surface area contributed by atoms with E-state index >= 15 is 0 Å². The normalized spacial score (nSPS) is 17.5. The first-order chi connectivity index (χ1) is 13.4. The summed E-state index contributed by atoms with van der Waals surface area (Å²) in [5, 5.41) is 0. The first-order valence-corrected chi connectivity index (χ1v) is 11.9. The zero-order valence-corrected chi connectivity index (χ0v) is 21.0. The monoisotopic (exact) mass is 415 g/mol. The van der Waals surface area contributed by atoms with Crippen molar-refractivity contribution < 1.29 is 4.39 Å². The SMILES string of the molecule is C=PCC.CC.Cc1cc2c(cc1-c1ccc(F)cn1)C(C)(C)C(C)(C)C2(C)C. The largest absolute Gasteiger partial charge is 0.253 e. The van der Waals surface area contributed by atoms with Crippen LogP contribution in [0.15, 0.2) is 30.5 Å². The lowest BCUT2D eigenvalue weighted by Crippen LogP contribution is -2.42. The highest BCUT2D eigenvalue weighted by molar-refractivity contribution is 7.36. The Kier molecular flexibility index (Phi) is 8.37. The number of pyridine rings is 1. The van der Waals surface area contributed by atoms with Crippen LogP contribution < -0.4 is 0 Å². The van der Waals surface area contributed by atoms with Crippen LogP contribution in [0.4, 0.5) is 4.39 Å². The standard InChI is InChI=1S/C21H26FN.C3H7P.C2H6/c1-13-10-16-17(20(4,5)21(6,7)19(16,2)3)11-15(13)18-9-8-14(22)12-23-18;1-3-4-2;1-2/h8-12H,1-7H3;2-3H2,1H3;1-2H3. The van der Waals surface area contributed by atoms with Gasteiger partial charge in [0.05, 0.1) is 11.9 Å². The average Bonchev–Trinajstić information content (AvgIpc) is 2.79. The van der Waals surface area contributed by atoms with Crippen LogP contribution in [-0.4, -0.2) is 17.4 Å². The average molecular weight is 416 g/mol. The first-order valence-electron chi connectivity index (χ1n) is 10.6. The smallest absolute Gasteiger partial charge is 0.141 e. The molecule has 1 heterocycles. The van der Waals surface area contributed by atoms with E-state index in [4.69, 9.17) is 0 Å². The minimum Gasteiger partial charge on any atom is -0.253 e. The summed E-state index contributed by atoms with van der Waals surface area (Å²) >= 11 is 0. The fourth-order valence-corrected chi connectivity index (χ4v) is 4.01. The maximum atomic E-state index is 13.2. The van der Waals surface area contributed by atoms with Gasteiger partial charge in [0.1, 0.15) is 5.82 Å². The Morgan fingerprint density at radius 1 is 0.966 bits per heavy atom. The van der Waals surface area contributed by atoms with Crippen LogP contribution >= 0.6 is 8.20 Å². The zero-order valence-electron chi connectivity index (χ0n) is 20.1. The van der Waals surface area contributed by atoms with Crippen LogP contribution in [0, 0.1) is 18.2 Å². The molecule has 0 saturated heterocycles. The zero-order chi connectivity index (χ0) is 22.6. The van der Waals surface area contributed by atoms with Gasteiger partial charge in [-0.1, -0.05) is 74.7 Å². The van der Waals surface area contributed by atoms with Crippen LogP contribution in [0.25, 0.3) is 11.3 Å². The van der Waals surface area contributed by atoms with Gasteiger partial charge in [-0.25, -0.2) is 4.39 Å². The molecule has 3 heteroatoms. The molecule has 0 fully saturated rings. The molecule has 0 atom stereocenters. The first kappa shape index (κ1) is 25.5. The van der Waals surface area contributed by atoms with Gasteiger partial charge in [-0.3, -0.25) is 4.98 Å². The van der Waals surface area contributed by atoms with Crippen molar-refractivity contribution in [1.29, 1.82) is 0 Å². The third kappa shape index (κ3) is 4.48. The molecule has 3 rings (SSSR count). The highest BCUT2D eigenvalue weighted by atomic mass is 31.1. The number of hydrogen-bond acceptors (Lipinski definition) is 1. The fourth-order valence-electron chi connectivity index (χ4n) is 4.01. The van der Waals surface area contributed by atoms with Crippen LogP contribution in [-0.2, 0) is 10.8 Å². The molecule has 0 N–H and O–H groups in total. The Morgan fingerprint density at radius 3 is 1.86 bits per heavy atom. The Morgan fingerprint density at radius 2 is 1.45 bits per heavy atom. The molecule has 1 aliphatic carbocycles. The van der Waals surface area contributed by atoms with E-state index in [2.05, 4.69) is 78.8 Å². The van der Waals surface area contributed by atoms with Crippen molar-refractivity contribution in [2.24, 2.45) is 5.41 Å². The Hall–Kier alpha value is -1.53. The molecule has 0 amide bonds. The molecule has 0 bridgehead atoms. The molecule has 0 spiro atoms. The topological polar surface area (TPSA) is 12.9 Å². The minimum atomic E-state index is -0.296. The van der Waals surface area contributed by atoms with Crippen LogP contribution in [0.3, 0.4) is 0 Å². The van der Waals surface area contributed by atoms with E-state index < -0.39 is 0 Å². The predicted octanol–water partition coefficient (Wildman–Crippen LogP) is 8.20. The van der Waals surface area contributed by atoms with Gasteiger partial charge >= 0.3 is 0 Å². The molecular weight excluding hydrogens is 376 g/mol. The van der Waals surface area contributed by atoms with Crippen molar-refractivity contribution in [2.45, 2.75) is 80.1 Å². The molecule has 1 aliphatic rings. The third-order valence-corrected chi connectivity index (χ3v) is 7.51. The van der Waals surface area contributed by atoms with Crippen molar-refractivity contribution in [3.63, 3.8) is 0 Å². The van der Waals surface area contributed by atoms with E-state index in [1.165, 1.54) is 43.3 Å². The van der Waals surface area contributed by atoms with Gasteiger partial charge in [0.25, 0.3) is 0 Å². The van der Waals surface area contributed by atoms with Crippen molar-refractivity contribution in [1.82, 2.24) is 4.98 Å². The number of aryl methyl sites for hydroxylation is 1. The van der Waals surface area contributed by atoms with E-state index in [-0.39, 0.29) is 22.1 Å². The second-order valence-electron chi connectivity index (χ2n) is 8.99. The molecule has 0 aliphatic heterocycles. The quantitative estimate of drug-likeness (QED) is 0.450. The number of aromatic nitrogens is 1. The van der Waals surface area contributed by atoms with Crippen molar-refractivity contribution in [3.05, 3.63) is 53.0 Å². The molecule has 2 aromatic rings. The number of nitrogens with zero attached hydrogens (tertiary/aromatic N) is 1. The molecule has 0 saturated carbocycles. The molecule has 1 nitrogen and oxygen atoms in total. The Bertz CT molecular complexity index is 833. The minimum absolute atomic E-state index is 0.0638. The van der Waals surface area contributed by atoms with Crippen molar-refractivity contribution >= 4 is 14.5 Å². The molecular formula is C26H39FNP. The summed E-state index contributed by atoms with van der Waals surface area (Å²) in [5.41, 5.74) is 6.26. The molecule has 0 unspecified atom stereocenters. The van der Waals surface area contributed by atoms with Gasteiger partial charge in [-0.05, 0) is 64.2 Å². The van der Waals surface area contributed by atoms with Crippen molar-refractivity contribution in [2.75, 3.05) is 6.16 Å². The van der Waals surface area contributed by atoms with E-state index in [9.17, 15) is 4.39 Å². The van der Waals surface area contributed by atoms with E-state index in [1.54, 1.807) is 6.07 Å². The van der Waals surface area contributed by atoms with Crippen LogP contribution in [0.2, 0.25) is 0 Å². The maximum absolute atomic E-state index is 13.2. The number of fused-ring (bicyclic) bond motifs is 1. The van der Waals surface area contributed by atoms with E-state index in [1.807, 2.05) is 13.8 Å². The summed E-state index contributed by atoms with van der Waals surface area (Å²) in [6.07, 6.45) is 6.05. The highest BCUT2D eigenvalue weighted by Gasteiger charge is 2.56. The maximum Gasteiger partial charge on any atom is 0.141 e. The summed E-state index contributed by atoms with van der Waals surface area (Å²) in [6, 6.07) is 7.84. The van der Waals surface area contributed by atoms with Gasteiger partial charge < -0.3 is 0 Å².